The predicted octanol–water partition coefficient (Wildman–Crippen LogP) is 2.86. The zero-order valence-corrected chi connectivity index (χ0v) is 13.3. The minimum Gasteiger partial charge on any atom is -0.341 e. The van der Waals surface area contributed by atoms with Crippen LogP contribution < -0.4 is 10.2 Å². The second-order valence-electron chi connectivity index (χ2n) is 6.98. The zero-order chi connectivity index (χ0) is 14.7. The first kappa shape index (κ1) is 14.8. The Balaban J connectivity index is 1.49. The van der Waals surface area contributed by atoms with E-state index in [9.17, 15) is 0 Å². The summed E-state index contributed by atoms with van der Waals surface area (Å²) < 4.78 is 0. The molecule has 1 aromatic rings. The van der Waals surface area contributed by atoms with Crippen LogP contribution in [0.4, 0.5) is 5.95 Å². The SMILES string of the molecule is CC1CCC(C)C(NC2CCN(c3ncccn3)CC2)C1. The van der Waals surface area contributed by atoms with Crippen molar-refractivity contribution in [1.82, 2.24) is 15.3 Å². The molecule has 21 heavy (non-hydrogen) atoms. The molecule has 116 valence electrons. The van der Waals surface area contributed by atoms with Gasteiger partial charge in [0.15, 0.2) is 0 Å². The Morgan fingerprint density at radius 2 is 1.76 bits per heavy atom. The molecular formula is C17H28N4. The summed E-state index contributed by atoms with van der Waals surface area (Å²) in [6.45, 7) is 6.95. The van der Waals surface area contributed by atoms with Crippen LogP contribution in [-0.2, 0) is 0 Å². The van der Waals surface area contributed by atoms with Crippen LogP contribution in [-0.4, -0.2) is 35.1 Å². The summed E-state index contributed by atoms with van der Waals surface area (Å²) in [6.07, 6.45) is 10.2. The molecule has 3 rings (SSSR count). The Hall–Kier alpha value is -1.16. The maximum atomic E-state index is 4.36. The van der Waals surface area contributed by atoms with Gasteiger partial charge in [-0.15, -0.1) is 0 Å². The van der Waals surface area contributed by atoms with Crippen molar-refractivity contribution in [2.24, 2.45) is 11.8 Å². The maximum absolute atomic E-state index is 4.36. The van der Waals surface area contributed by atoms with Crippen LogP contribution >= 0.6 is 0 Å². The van der Waals surface area contributed by atoms with Crippen LogP contribution in [0.15, 0.2) is 18.5 Å². The summed E-state index contributed by atoms with van der Waals surface area (Å²) in [5.74, 6) is 2.60. The molecule has 0 radical (unpaired) electrons. The monoisotopic (exact) mass is 288 g/mol. The van der Waals surface area contributed by atoms with E-state index < -0.39 is 0 Å². The number of rotatable bonds is 3. The third-order valence-electron chi connectivity index (χ3n) is 5.24. The average molecular weight is 288 g/mol. The lowest BCUT2D eigenvalue weighted by atomic mass is 9.79. The molecule has 1 N–H and O–H groups in total. The molecule has 0 bridgehead atoms. The molecule has 3 atom stereocenters. The van der Waals surface area contributed by atoms with Crippen molar-refractivity contribution < 1.29 is 0 Å². The Bertz CT molecular complexity index is 428. The topological polar surface area (TPSA) is 41.0 Å². The smallest absolute Gasteiger partial charge is 0.225 e. The number of nitrogens with one attached hydrogen (secondary N) is 1. The summed E-state index contributed by atoms with van der Waals surface area (Å²) in [5, 5.41) is 3.94. The Morgan fingerprint density at radius 1 is 1.05 bits per heavy atom. The molecular weight excluding hydrogens is 260 g/mol. The van der Waals surface area contributed by atoms with Crippen molar-refractivity contribution >= 4 is 5.95 Å². The second kappa shape index (κ2) is 6.73. The molecule has 2 aliphatic rings. The van der Waals surface area contributed by atoms with E-state index in [0.717, 1.165) is 36.9 Å². The lowest BCUT2D eigenvalue weighted by Crippen LogP contribution is -2.49. The highest BCUT2D eigenvalue weighted by molar-refractivity contribution is 5.29. The summed E-state index contributed by atoms with van der Waals surface area (Å²) in [6, 6.07) is 3.27. The number of aromatic nitrogens is 2. The summed E-state index contributed by atoms with van der Waals surface area (Å²) >= 11 is 0. The molecule has 3 unspecified atom stereocenters. The lowest BCUT2D eigenvalue weighted by Gasteiger charge is -2.39. The fourth-order valence-corrected chi connectivity index (χ4v) is 3.77. The third-order valence-corrected chi connectivity index (χ3v) is 5.24. The molecule has 2 heterocycles. The minimum atomic E-state index is 0.669. The average Bonchev–Trinajstić information content (AvgIpc) is 2.53. The van der Waals surface area contributed by atoms with Gasteiger partial charge in [0, 0.05) is 37.6 Å². The molecule has 2 fully saturated rings. The molecule has 1 saturated carbocycles. The molecule has 0 spiro atoms. The highest BCUT2D eigenvalue weighted by Gasteiger charge is 2.29. The van der Waals surface area contributed by atoms with Gasteiger partial charge in [0.25, 0.3) is 0 Å². The quantitative estimate of drug-likeness (QED) is 0.928. The van der Waals surface area contributed by atoms with Gasteiger partial charge in [-0.3, -0.25) is 0 Å². The standard InChI is InChI=1S/C17H28N4/c1-13-4-5-14(2)16(12-13)20-15-6-10-21(11-7-15)17-18-8-3-9-19-17/h3,8-9,13-16,20H,4-7,10-12H2,1-2H3. The fourth-order valence-electron chi connectivity index (χ4n) is 3.77. The van der Waals surface area contributed by atoms with Gasteiger partial charge in [-0.1, -0.05) is 20.3 Å². The largest absolute Gasteiger partial charge is 0.341 e. The lowest BCUT2D eigenvalue weighted by molar-refractivity contribution is 0.203. The van der Waals surface area contributed by atoms with Crippen molar-refractivity contribution in [2.75, 3.05) is 18.0 Å². The number of hydrogen-bond donors (Lipinski definition) is 1. The van der Waals surface area contributed by atoms with Crippen LogP contribution in [0, 0.1) is 11.8 Å². The van der Waals surface area contributed by atoms with Crippen molar-refractivity contribution in [3.63, 3.8) is 0 Å². The van der Waals surface area contributed by atoms with Gasteiger partial charge in [0.2, 0.25) is 5.95 Å². The van der Waals surface area contributed by atoms with Gasteiger partial charge < -0.3 is 10.2 Å². The van der Waals surface area contributed by atoms with Crippen molar-refractivity contribution in [3.05, 3.63) is 18.5 Å². The van der Waals surface area contributed by atoms with E-state index in [1.165, 1.54) is 32.1 Å². The second-order valence-corrected chi connectivity index (χ2v) is 6.98. The first-order chi connectivity index (χ1) is 10.2. The zero-order valence-electron chi connectivity index (χ0n) is 13.3. The Labute approximate surface area is 128 Å². The first-order valence-electron chi connectivity index (χ1n) is 8.50. The van der Waals surface area contributed by atoms with Crippen molar-refractivity contribution in [1.29, 1.82) is 0 Å². The normalized spacial score (nSPS) is 31.3. The third kappa shape index (κ3) is 3.73. The predicted molar refractivity (Wildman–Crippen MR) is 86.4 cm³/mol. The summed E-state index contributed by atoms with van der Waals surface area (Å²) in [5.41, 5.74) is 0. The van der Waals surface area contributed by atoms with Crippen LogP contribution in [0.2, 0.25) is 0 Å². The van der Waals surface area contributed by atoms with Crippen molar-refractivity contribution in [3.8, 4) is 0 Å². The van der Waals surface area contributed by atoms with Gasteiger partial charge in [0.05, 0.1) is 0 Å². The van der Waals surface area contributed by atoms with Crippen LogP contribution in [0.25, 0.3) is 0 Å². The minimum absolute atomic E-state index is 0.669. The highest BCUT2D eigenvalue weighted by atomic mass is 15.3. The van der Waals surface area contributed by atoms with Crippen molar-refractivity contribution in [2.45, 2.75) is 58.0 Å². The van der Waals surface area contributed by atoms with Crippen LogP contribution in [0.1, 0.15) is 46.0 Å². The number of hydrogen-bond acceptors (Lipinski definition) is 4. The van der Waals surface area contributed by atoms with Crippen LogP contribution in [0.3, 0.4) is 0 Å². The van der Waals surface area contributed by atoms with E-state index in [4.69, 9.17) is 0 Å². The fraction of sp³-hybridized carbons (Fsp3) is 0.765. The first-order valence-corrected chi connectivity index (χ1v) is 8.50. The molecule has 1 saturated heterocycles. The van der Waals surface area contributed by atoms with Gasteiger partial charge in [-0.05, 0) is 43.6 Å². The number of anilines is 1. The molecule has 0 aromatic carbocycles. The van der Waals surface area contributed by atoms with E-state index in [2.05, 4.69) is 34.0 Å². The highest BCUT2D eigenvalue weighted by Crippen LogP contribution is 2.29. The Morgan fingerprint density at radius 3 is 2.48 bits per heavy atom. The molecule has 1 aliphatic carbocycles. The van der Waals surface area contributed by atoms with Gasteiger partial charge in [0.1, 0.15) is 0 Å². The van der Waals surface area contributed by atoms with Gasteiger partial charge in [-0.25, -0.2) is 9.97 Å². The number of piperidine rings is 1. The number of nitrogens with zero attached hydrogens (tertiary/aromatic N) is 3. The molecule has 1 aromatic heterocycles. The van der Waals surface area contributed by atoms with E-state index >= 15 is 0 Å². The molecule has 0 amide bonds. The van der Waals surface area contributed by atoms with Gasteiger partial charge >= 0.3 is 0 Å². The molecule has 1 aliphatic heterocycles. The van der Waals surface area contributed by atoms with E-state index in [0.29, 0.717) is 6.04 Å². The summed E-state index contributed by atoms with van der Waals surface area (Å²) in [4.78, 5) is 11.0. The van der Waals surface area contributed by atoms with E-state index in [1.807, 2.05) is 18.5 Å². The Kier molecular flexibility index (Phi) is 4.73. The summed E-state index contributed by atoms with van der Waals surface area (Å²) in [7, 11) is 0. The van der Waals surface area contributed by atoms with E-state index in [-0.39, 0.29) is 0 Å². The maximum Gasteiger partial charge on any atom is 0.225 e. The van der Waals surface area contributed by atoms with Gasteiger partial charge in [-0.2, -0.15) is 0 Å². The van der Waals surface area contributed by atoms with E-state index in [1.54, 1.807) is 0 Å². The van der Waals surface area contributed by atoms with Crippen LogP contribution in [0.5, 0.6) is 0 Å². The molecule has 4 heteroatoms. The molecule has 4 nitrogen and oxygen atoms in total.